The number of aromatic nitrogens is 1. The minimum absolute atomic E-state index is 0.0574. The molecule has 1 aliphatic carbocycles. The van der Waals surface area contributed by atoms with E-state index in [-0.39, 0.29) is 30.2 Å². The van der Waals surface area contributed by atoms with E-state index in [1.165, 1.54) is 6.20 Å². The summed E-state index contributed by atoms with van der Waals surface area (Å²) in [6.07, 6.45) is 4.46. The Morgan fingerprint density at radius 3 is 3.12 bits per heavy atom. The molecule has 0 saturated heterocycles. The van der Waals surface area contributed by atoms with E-state index in [9.17, 15) is 4.79 Å². The predicted molar refractivity (Wildman–Crippen MR) is 56.9 cm³/mol. The van der Waals surface area contributed by atoms with Crippen molar-refractivity contribution in [2.45, 2.75) is 32.2 Å². The van der Waals surface area contributed by atoms with Gasteiger partial charge in [-0.25, -0.2) is 0 Å². The number of carbonyl (C=O) groups is 1. The first-order chi connectivity index (χ1) is 7.72. The Morgan fingerprint density at radius 1 is 1.69 bits per heavy atom. The standard InChI is InChI=1S/C11H16N2O3/c1-7-5-12-16-10(7)11(15)13-9-4-2-3-8(9)6-14/h5,8-9,14H,2-4,6H2,1H3,(H,13,15). The van der Waals surface area contributed by atoms with Gasteiger partial charge in [-0.2, -0.15) is 0 Å². The lowest BCUT2D eigenvalue weighted by Gasteiger charge is -2.18. The number of amides is 1. The maximum Gasteiger partial charge on any atom is 0.290 e. The Morgan fingerprint density at radius 2 is 2.50 bits per heavy atom. The molecule has 0 aromatic carbocycles. The Kier molecular flexibility index (Phi) is 3.24. The highest BCUT2D eigenvalue weighted by atomic mass is 16.5. The first kappa shape index (κ1) is 11.1. The van der Waals surface area contributed by atoms with Gasteiger partial charge >= 0.3 is 0 Å². The van der Waals surface area contributed by atoms with Crippen LogP contribution >= 0.6 is 0 Å². The monoisotopic (exact) mass is 224 g/mol. The van der Waals surface area contributed by atoms with Crippen molar-refractivity contribution in [2.24, 2.45) is 5.92 Å². The molecule has 1 saturated carbocycles. The third kappa shape index (κ3) is 2.09. The SMILES string of the molecule is Cc1cnoc1C(=O)NC1CCCC1CO. The number of rotatable bonds is 3. The molecule has 16 heavy (non-hydrogen) atoms. The van der Waals surface area contributed by atoms with Gasteiger partial charge in [0, 0.05) is 24.1 Å². The number of aliphatic hydroxyl groups excluding tert-OH is 1. The molecule has 5 heteroatoms. The van der Waals surface area contributed by atoms with Gasteiger partial charge < -0.3 is 14.9 Å². The third-order valence-electron chi connectivity index (χ3n) is 3.16. The lowest BCUT2D eigenvalue weighted by atomic mass is 10.0. The molecule has 2 rings (SSSR count). The van der Waals surface area contributed by atoms with Crippen molar-refractivity contribution < 1.29 is 14.4 Å². The second kappa shape index (κ2) is 4.65. The predicted octanol–water partition coefficient (Wildman–Crippen LogP) is 0.874. The molecule has 0 spiro atoms. The Balaban J connectivity index is 2.00. The van der Waals surface area contributed by atoms with Crippen LogP contribution in [0.3, 0.4) is 0 Å². The molecule has 1 aromatic heterocycles. The minimum Gasteiger partial charge on any atom is -0.396 e. The van der Waals surface area contributed by atoms with Crippen LogP contribution < -0.4 is 5.32 Å². The zero-order valence-corrected chi connectivity index (χ0v) is 9.27. The van der Waals surface area contributed by atoms with Crippen LogP contribution in [0.4, 0.5) is 0 Å². The van der Waals surface area contributed by atoms with Crippen molar-refractivity contribution in [1.82, 2.24) is 10.5 Å². The highest BCUT2D eigenvalue weighted by Crippen LogP contribution is 2.25. The zero-order valence-electron chi connectivity index (χ0n) is 9.27. The van der Waals surface area contributed by atoms with Crippen LogP contribution in [0.5, 0.6) is 0 Å². The average molecular weight is 224 g/mol. The van der Waals surface area contributed by atoms with Gasteiger partial charge in [-0.15, -0.1) is 0 Å². The van der Waals surface area contributed by atoms with E-state index in [4.69, 9.17) is 9.63 Å². The van der Waals surface area contributed by atoms with Gasteiger partial charge in [0.1, 0.15) is 0 Å². The zero-order chi connectivity index (χ0) is 11.5. The van der Waals surface area contributed by atoms with Crippen LogP contribution in [0.1, 0.15) is 35.4 Å². The van der Waals surface area contributed by atoms with Gasteiger partial charge in [0.2, 0.25) is 5.76 Å². The first-order valence-corrected chi connectivity index (χ1v) is 5.55. The van der Waals surface area contributed by atoms with E-state index >= 15 is 0 Å². The summed E-state index contributed by atoms with van der Waals surface area (Å²) in [7, 11) is 0. The minimum atomic E-state index is -0.236. The third-order valence-corrected chi connectivity index (χ3v) is 3.16. The van der Waals surface area contributed by atoms with E-state index in [0.29, 0.717) is 0 Å². The van der Waals surface area contributed by atoms with E-state index in [1.54, 1.807) is 6.92 Å². The molecule has 1 heterocycles. The summed E-state index contributed by atoms with van der Waals surface area (Å²) in [6, 6.07) is 0.0574. The fourth-order valence-corrected chi connectivity index (χ4v) is 2.19. The van der Waals surface area contributed by atoms with Crippen LogP contribution in [0, 0.1) is 12.8 Å². The molecule has 0 aliphatic heterocycles. The summed E-state index contributed by atoms with van der Waals surface area (Å²) < 4.78 is 4.88. The summed E-state index contributed by atoms with van der Waals surface area (Å²) in [6.45, 7) is 1.91. The van der Waals surface area contributed by atoms with Crippen LogP contribution in [0.2, 0.25) is 0 Å². The van der Waals surface area contributed by atoms with Crippen molar-refractivity contribution in [3.8, 4) is 0 Å². The lowest BCUT2D eigenvalue weighted by molar-refractivity contribution is 0.0878. The fourth-order valence-electron chi connectivity index (χ4n) is 2.19. The maximum absolute atomic E-state index is 11.8. The molecular formula is C11H16N2O3. The second-order valence-electron chi connectivity index (χ2n) is 4.29. The summed E-state index contributed by atoms with van der Waals surface area (Å²) in [5, 5.41) is 15.6. The molecule has 5 nitrogen and oxygen atoms in total. The van der Waals surface area contributed by atoms with Gasteiger partial charge in [-0.1, -0.05) is 11.6 Å². The molecule has 88 valence electrons. The summed E-state index contributed by atoms with van der Waals surface area (Å²) in [5.41, 5.74) is 0.732. The summed E-state index contributed by atoms with van der Waals surface area (Å²) in [5.74, 6) is 0.205. The van der Waals surface area contributed by atoms with E-state index in [1.807, 2.05) is 0 Å². The number of nitrogens with zero attached hydrogens (tertiary/aromatic N) is 1. The molecule has 2 atom stereocenters. The Hall–Kier alpha value is -1.36. The fraction of sp³-hybridized carbons (Fsp3) is 0.636. The molecule has 2 N–H and O–H groups in total. The van der Waals surface area contributed by atoms with Gasteiger partial charge in [-0.3, -0.25) is 4.79 Å². The molecule has 1 amide bonds. The van der Waals surface area contributed by atoms with E-state index in [0.717, 1.165) is 24.8 Å². The van der Waals surface area contributed by atoms with Crippen molar-refractivity contribution in [3.05, 3.63) is 17.5 Å². The largest absolute Gasteiger partial charge is 0.396 e. The highest BCUT2D eigenvalue weighted by Gasteiger charge is 2.29. The number of nitrogens with one attached hydrogen (secondary N) is 1. The topological polar surface area (TPSA) is 75.4 Å². The molecule has 2 unspecified atom stereocenters. The smallest absolute Gasteiger partial charge is 0.290 e. The molecule has 1 aromatic rings. The summed E-state index contributed by atoms with van der Waals surface area (Å²) >= 11 is 0. The first-order valence-electron chi connectivity index (χ1n) is 5.55. The van der Waals surface area contributed by atoms with Crippen molar-refractivity contribution in [3.63, 3.8) is 0 Å². The Labute approximate surface area is 93.8 Å². The van der Waals surface area contributed by atoms with Gasteiger partial charge in [-0.05, 0) is 19.8 Å². The van der Waals surface area contributed by atoms with Crippen molar-refractivity contribution >= 4 is 5.91 Å². The summed E-state index contributed by atoms with van der Waals surface area (Å²) in [4.78, 5) is 11.8. The van der Waals surface area contributed by atoms with Gasteiger partial charge in [0.05, 0.1) is 6.20 Å². The van der Waals surface area contributed by atoms with Gasteiger partial charge in [0.25, 0.3) is 5.91 Å². The lowest BCUT2D eigenvalue weighted by Crippen LogP contribution is -2.38. The quantitative estimate of drug-likeness (QED) is 0.799. The van der Waals surface area contributed by atoms with Crippen LogP contribution in [-0.4, -0.2) is 28.8 Å². The number of carbonyl (C=O) groups excluding carboxylic acids is 1. The normalized spacial score (nSPS) is 24.6. The number of hydrogen-bond donors (Lipinski definition) is 2. The van der Waals surface area contributed by atoms with Crippen molar-refractivity contribution in [2.75, 3.05) is 6.61 Å². The molecule has 0 radical (unpaired) electrons. The van der Waals surface area contributed by atoms with E-state index in [2.05, 4.69) is 10.5 Å². The second-order valence-corrected chi connectivity index (χ2v) is 4.29. The number of hydrogen-bond acceptors (Lipinski definition) is 4. The van der Waals surface area contributed by atoms with Crippen LogP contribution in [0.15, 0.2) is 10.7 Å². The molecule has 1 aliphatic rings. The molecule has 0 bridgehead atoms. The average Bonchev–Trinajstić information content (AvgIpc) is 2.86. The van der Waals surface area contributed by atoms with Crippen LogP contribution in [-0.2, 0) is 0 Å². The van der Waals surface area contributed by atoms with Crippen LogP contribution in [0.25, 0.3) is 0 Å². The van der Waals surface area contributed by atoms with Gasteiger partial charge in [0.15, 0.2) is 0 Å². The number of aliphatic hydroxyl groups is 1. The maximum atomic E-state index is 11.8. The number of aryl methyl sites for hydroxylation is 1. The molecular weight excluding hydrogens is 208 g/mol. The Bertz CT molecular complexity index is 375. The molecule has 1 fully saturated rings. The highest BCUT2D eigenvalue weighted by molar-refractivity contribution is 5.92. The van der Waals surface area contributed by atoms with Crippen molar-refractivity contribution in [1.29, 1.82) is 0 Å². The van der Waals surface area contributed by atoms with E-state index < -0.39 is 0 Å².